The van der Waals surface area contributed by atoms with Gasteiger partial charge in [0.05, 0.1) is 12.3 Å². The summed E-state index contributed by atoms with van der Waals surface area (Å²) in [5, 5.41) is 2.86. The zero-order valence-electron chi connectivity index (χ0n) is 19.2. The lowest BCUT2D eigenvalue weighted by Gasteiger charge is -2.41. The van der Waals surface area contributed by atoms with Gasteiger partial charge in [0.15, 0.2) is 5.76 Å². The molecule has 172 valence electrons. The summed E-state index contributed by atoms with van der Waals surface area (Å²) in [7, 11) is 0. The lowest BCUT2D eigenvalue weighted by atomic mass is 9.96. The number of rotatable bonds is 7. The number of furan rings is 1. The van der Waals surface area contributed by atoms with Gasteiger partial charge in [-0.25, -0.2) is 0 Å². The Bertz CT molecular complexity index is 987. The van der Waals surface area contributed by atoms with Crippen molar-refractivity contribution in [1.29, 1.82) is 0 Å². The van der Waals surface area contributed by atoms with Gasteiger partial charge < -0.3 is 14.6 Å². The van der Waals surface area contributed by atoms with Crippen molar-refractivity contribution in [2.75, 3.05) is 26.2 Å². The maximum absolute atomic E-state index is 13.3. The average Bonchev–Trinajstić information content (AvgIpc) is 3.39. The molecule has 3 aromatic rings. The molecule has 0 spiro atoms. The number of hydrogen-bond donors (Lipinski definition) is 1. The van der Waals surface area contributed by atoms with Crippen molar-refractivity contribution in [3.05, 3.63) is 95.9 Å². The van der Waals surface area contributed by atoms with Gasteiger partial charge in [-0.1, -0.05) is 74.5 Å². The summed E-state index contributed by atoms with van der Waals surface area (Å²) in [5.74, 6) is -0.220. The van der Waals surface area contributed by atoms with Crippen LogP contribution in [0.5, 0.6) is 0 Å². The first-order chi connectivity index (χ1) is 16.0. The molecule has 0 bridgehead atoms. The fraction of sp³-hybridized carbons (Fsp3) is 0.333. The van der Waals surface area contributed by atoms with Crippen LogP contribution in [0.25, 0.3) is 0 Å². The standard InChI is InChI=1S/C27H31N3O3/c1-20(2)24(28-26(31)23-14-9-19-33-23)27(32)30-17-15-29(16-18-30)25(21-10-5-3-6-11-21)22-12-7-4-8-13-22/h3-14,19-20,24-25H,15-18H2,1-2H3,(H,28,31)/t24-/m0/s1. The molecule has 2 heterocycles. The van der Waals surface area contributed by atoms with Gasteiger partial charge in [-0.2, -0.15) is 0 Å². The first-order valence-electron chi connectivity index (χ1n) is 11.5. The predicted molar refractivity (Wildman–Crippen MR) is 128 cm³/mol. The second-order valence-electron chi connectivity index (χ2n) is 8.76. The number of benzene rings is 2. The largest absolute Gasteiger partial charge is 0.459 e. The van der Waals surface area contributed by atoms with Gasteiger partial charge in [-0.3, -0.25) is 14.5 Å². The molecular weight excluding hydrogens is 414 g/mol. The molecule has 4 rings (SSSR count). The minimum atomic E-state index is -0.590. The Morgan fingerprint density at radius 2 is 1.39 bits per heavy atom. The van der Waals surface area contributed by atoms with Gasteiger partial charge in [-0.05, 0) is 29.2 Å². The van der Waals surface area contributed by atoms with E-state index in [-0.39, 0.29) is 29.5 Å². The van der Waals surface area contributed by atoms with E-state index in [0.29, 0.717) is 13.1 Å². The quantitative estimate of drug-likeness (QED) is 0.598. The Hall–Kier alpha value is -3.38. The van der Waals surface area contributed by atoms with Crippen LogP contribution in [0.3, 0.4) is 0 Å². The van der Waals surface area contributed by atoms with E-state index >= 15 is 0 Å². The van der Waals surface area contributed by atoms with Crippen LogP contribution in [0.15, 0.2) is 83.5 Å². The smallest absolute Gasteiger partial charge is 0.287 e. The van der Waals surface area contributed by atoms with Gasteiger partial charge in [0.2, 0.25) is 5.91 Å². The molecule has 0 saturated carbocycles. The number of piperazine rings is 1. The minimum absolute atomic E-state index is 0.0316. The lowest BCUT2D eigenvalue weighted by Crippen LogP contribution is -2.56. The van der Waals surface area contributed by atoms with Crippen molar-refractivity contribution in [2.24, 2.45) is 5.92 Å². The van der Waals surface area contributed by atoms with Crippen LogP contribution in [-0.4, -0.2) is 53.8 Å². The summed E-state index contributed by atoms with van der Waals surface area (Å²) in [6, 6.07) is 23.8. The lowest BCUT2D eigenvalue weighted by molar-refractivity contribution is -0.136. The summed E-state index contributed by atoms with van der Waals surface area (Å²) < 4.78 is 5.18. The van der Waals surface area contributed by atoms with Gasteiger partial charge in [0, 0.05) is 26.2 Å². The highest BCUT2D eigenvalue weighted by molar-refractivity contribution is 5.95. The third kappa shape index (κ3) is 5.34. The van der Waals surface area contributed by atoms with E-state index in [1.54, 1.807) is 12.1 Å². The number of nitrogens with zero attached hydrogens (tertiary/aromatic N) is 2. The molecule has 0 aliphatic carbocycles. The minimum Gasteiger partial charge on any atom is -0.459 e. The fourth-order valence-corrected chi connectivity index (χ4v) is 4.42. The SMILES string of the molecule is CC(C)[C@H](NC(=O)c1ccco1)C(=O)N1CCN(C(c2ccccc2)c2ccccc2)CC1. The maximum atomic E-state index is 13.3. The van der Waals surface area contributed by atoms with E-state index in [2.05, 4.69) is 58.7 Å². The Morgan fingerprint density at radius 1 is 0.818 bits per heavy atom. The fourth-order valence-electron chi connectivity index (χ4n) is 4.42. The highest BCUT2D eigenvalue weighted by Gasteiger charge is 2.33. The summed E-state index contributed by atoms with van der Waals surface area (Å²) in [6.45, 7) is 6.65. The summed E-state index contributed by atoms with van der Waals surface area (Å²) in [4.78, 5) is 30.1. The van der Waals surface area contributed by atoms with E-state index in [1.165, 1.54) is 17.4 Å². The van der Waals surface area contributed by atoms with Crippen molar-refractivity contribution < 1.29 is 14.0 Å². The molecule has 1 aromatic heterocycles. The molecule has 33 heavy (non-hydrogen) atoms. The van der Waals surface area contributed by atoms with Gasteiger partial charge in [0.1, 0.15) is 6.04 Å². The molecule has 1 atom stereocenters. The Morgan fingerprint density at radius 3 is 1.88 bits per heavy atom. The molecule has 1 saturated heterocycles. The molecule has 1 fully saturated rings. The van der Waals surface area contributed by atoms with Gasteiger partial charge in [-0.15, -0.1) is 0 Å². The zero-order valence-corrected chi connectivity index (χ0v) is 19.2. The predicted octanol–water partition coefficient (Wildman–Crippen LogP) is 3.97. The molecule has 1 aliphatic heterocycles. The number of nitrogens with one attached hydrogen (secondary N) is 1. The molecule has 6 nitrogen and oxygen atoms in total. The molecule has 1 aliphatic rings. The molecular formula is C27H31N3O3. The Labute approximate surface area is 195 Å². The molecule has 6 heteroatoms. The van der Waals surface area contributed by atoms with Crippen molar-refractivity contribution in [2.45, 2.75) is 25.9 Å². The number of amides is 2. The second-order valence-corrected chi connectivity index (χ2v) is 8.76. The molecule has 0 radical (unpaired) electrons. The topological polar surface area (TPSA) is 65.8 Å². The van der Waals surface area contributed by atoms with Crippen molar-refractivity contribution >= 4 is 11.8 Å². The van der Waals surface area contributed by atoms with Crippen LogP contribution in [0.2, 0.25) is 0 Å². The van der Waals surface area contributed by atoms with Crippen molar-refractivity contribution in [1.82, 2.24) is 15.1 Å². The van der Waals surface area contributed by atoms with E-state index in [0.717, 1.165) is 13.1 Å². The third-order valence-corrected chi connectivity index (χ3v) is 6.19. The first kappa shape index (κ1) is 22.8. The number of carbonyl (C=O) groups is 2. The Kier molecular flexibility index (Phi) is 7.25. The van der Waals surface area contributed by atoms with E-state index in [4.69, 9.17) is 4.42 Å². The van der Waals surface area contributed by atoms with Crippen LogP contribution >= 0.6 is 0 Å². The Balaban J connectivity index is 1.45. The normalized spacial score (nSPS) is 15.6. The first-order valence-corrected chi connectivity index (χ1v) is 11.5. The van der Waals surface area contributed by atoms with Gasteiger partial charge >= 0.3 is 0 Å². The van der Waals surface area contributed by atoms with E-state index in [1.807, 2.05) is 30.9 Å². The molecule has 2 aromatic carbocycles. The van der Waals surface area contributed by atoms with Crippen molar-refractivity contribution in [3.63, 3.8) is 0 Å². The number of hydrogen-bond acceptors (Lipinski definition) is 4. The zero-order chi connectivity index (χ0) is 23.2. The van der Waals surface area contributed by atoms with Crippen LogP contribution in [-0.2, 0) is 4.79 Å². The van der Waals surface area contributed by atoms with E-state index < -0.39 is 6.04 Å². The highest BCUT2D eigenvalue weighted by Crippen LogP contribution is 2.29. The summed E-state index contributed by atoms with van der Waals surface area (Å²) in [5.41, 5.74) is 2.49. The van der Waals surface area contributed by atoms with Crippen molar-refractivity contribution in [3.8, 4) is 0 Å². The third-order valence-electron chi connectivity index (χ3n) is 6.19. The van der Waals surface area contributed by atoms with Crippen LogP contribution in [0.1, 0.15) is 41.6 Å². The molecule has 1 N–H and O–H groups in total. The maximum Gasteiger partial charge on any atom is 0.287 e. The highest BCUT2D eigenvalue weighted by atomic mass is 16.3. The van der Waals surface area contributed by atoms with Crippen LogP contribution in [0, 0.1) is 5.92 Å². The average molecular weight is 446 g/mol. The van der Waals surface area contributed by atoms with Crippen LogP contribution < -0.4 is 5.32 Å². The second kappa shape index (κ2) is 10.5. The van der Waals surface area contributed by atoms with Crippen LogP contribution in [0.4, 0.5) is 0 Å². The molecule has 0 unspecified atom stereocenters. The van der Waals surface area contributed by atoms with Gasteiger partial charge in [0.25, 0.3) is 5.91 Å². The molecule has 2 amide bonds. The van der Waals surface area contributed by atoms with E-state index in [9.17, 15) is 9.59 Å². The monoisotopic (exact) mass is 445 g/mol. The number of carbonyl (C=O) groups excluding carboxylic acids is 2. The summed E-state index contributed by atoms with van der Waals surface area (Å²) >= 11 is 0. The summed E-state index contributed by atoms with van der Waals surface area (Å²) in [6.07, 6.45) is 1.45.